The summed E-state index contributed by atoms with van der Waals surface area (Å²) in [6, 6.07) is 19.6. The van der Waals surface area contributed by atoms with Gasteiger partial charge in [-0.1, -0.05) is 79.0 Å². The van der Waals surface area contributed by atoms with Crippen molar-refractivity contribution in [1.82, 2.24) is 10.2 Å². The van der Waals surface area contributed by atoms with Crippen LogP contribution in [0.15, 0.2) is 78.9 Å². The zero-order valence-corrected chi connectivity index (χ0v) is 26.5. The van der Waals surface area contributed by atoms with Gasteiger partial charge in [0.2, 0.25) is 21.8 Å². The summed E-state index contributed by atoms with van der Waals surface area (Å²) >= 11 is 6.47. The highest BCUT2D eigenvalue weighted by Gasteiger charge is 2.34. The van der Waals surface area contributed by atoms with Gasteiger partial charge in [0.05, 0.1) is 17.5 Å². The van der Waals surface area contributed by atoms with Gasteiger partial charge in [0.25, 0.3) is 0 Å². The van der Waals surface area contributed by atoms with E-state index in [0.717, 1.165) is 60.0 Å². The summed E-state index contributed by atoms with van der Waals surface area (Å²) in [5, 5.41) is 3.55. The first-order valence-corrected chi connectivity index (χ1v) is 17.1. The number of amides is 2. The standard InChI is InChI=1S/C33H37ClF3N3O4S/c1-45(43,44)40(28-17-9-14-26(22-28)33(35,36)37)20-10-19-31(41)39(23-25-13-5-8-18-29(25)34)30(21-24-11-3-2-4-12-24)32(42)38-27-15-6-7-16-27/h2-5,8-9,11-14,17-18,22,27,30H,6-7,10,15-16,19-21,23H2,1H3,(H,38,42). The Labute approximate surface area is 267 Å². The Morgan fingerprint density at radius 3 is 2.29 bits per heavy atom. The Morgan fingerprint density at radius 2 is 1.64 bits per heavy atom. The van der Waals surface area contributed by atoms with Gasteiger partial charge in [0, 0.05) is 37.0 Å². The highest BCUT2D eigenvalue weighted by molar-refractivity contribution is 7.92. The number of carbonyl (C=O) groups is 2. The van der Waals surface area contributed by atoms with Crippen molar-refractivity contribution in [1.29, 1.82) is 0 Å². The van der Waals surface area contributed by atoms with E-state index in [4.69, 9.17) is 11.6 Å². The summed E-state index contributed by atoms with van der Waals surface area (Å²) in [5.74, 6) is -0.692. The van der Waals surface area contributed by atoms with Crippen LogP contribution in [-0.2, 0) is 38.8 Å². The van der Waals surface area contributed by atoms with Crippen molar-refractivity contribution < 1.29 is 31.2 Å². The van der Waals surface area contributed by atoms with E-state index < -0.39 is 33.7 Å². The van der Waals surface area contributed by atoms with E-state index >= 15 is 0 Å². The molecule has 1 unspecified atom stereocenters. The Bertz CT molecular complexity index is 1560. The van der Waals surface area contributed by atoms with E-state index in [9.17, 15) is 31.2 Å². The number of hydrogen-bond acceptors (Lipinski definition) is 4. The molecule has 4 rings (SSSR count). The molecule has 3 aromatic rings. The molecule has 7 nitrogen and oxygen atoms in total. The minimum Gasteiger partial charge on any atom is -0.352 e. The molecule has 1 aliphatic rings. The molecular weight excluding hydrogens is 627 g/mol. The highest BCUT2D eigenvalue weighted by Crippen LogP contribution is 2.32. The summed E-state index contributed by atoms with van der Waals surface area (Å²) in [7, 11) is -3.98. The van der Waals surface area contributed by atoms with Crippen LogP contribution in [0.1, 0.15) is 55.2 Å². The summed E-state index contributed by atoms with van der Waals surface area (Å²) < 4.78 is 66.2. The molecule has 1 fully saturated rings. The quantitative estimate of drug-likeness (QED) is 0.223. The van der Waals surface area contributed by atoms with Gasteiger partial charge in [0.1, 0.15) is 6.04 Å². The minimum atomic E-state index is -4.65. The first-order chi connectivity index (χ1) is 21.3. The maximum atomic E-state index is 14.0. The first kappa shape index (κ1) is 34.3. The number of alkyl halides is 3. The number of nitrogens with one attached hydrogen (secondary N) is 1. The Kier molecular flexibility index (Phi) is 11.5. The fraction of sp³-hybridized carbons (Fsp3) is 0.394. The molecule has 0 aromatic heterocycles. The van der Waals surface area contributed by atoms with Crippen LogP contribution < -0.4 is 9.62 Å². The molecule has 12 heteroatoms. The third-order valence-electron chi connectivity index (χ3n) is 7.88. The van der Waals surface area contributed by atoms with Crippen LogP contribution >= 0.6 is 11.6 Å². The molecule has 0 spiro atoms. The zero-order chi connectivity index (χ0) is 32.6. The minimum absolute atomic E-state index is 0.00344. The molecule has 1 aliphatic carbocycles. The molecule has 0 bridgehead atoms. The monoisotopic (exact) mass is 663 g/mol. The fourth-order valence-corrected chi connectivity index (χ4v) is 6.73. The topological polar surface area (TPSA) is 86.8 Å². The average molecular weight is 664 g/mol. The maximum absolute atomic E-state index is 14.0. The molecule has 2 amide bonds. The van der Waals surface area contributed by atoms with E-state index in [1.165, 1.54) is 11.0 Å². The van der Waals surface area contributed by atoms with E-state index in [1.807, 2.05) is 30.3 Å². The third kappa shape index (κ3) is 9.71. The summed E-state index contributed by atoms with van der Waals surface area (Å²) in [4.78, 5) is 29.3. The molecule has 45 heavy (non-hydrogen) atoms. The van der Waals surface area contributed by atoms with Crippen molar-refractivity contribution in [2.45, 2.75) is 69.8 Å². The van der Waals surface area contributed by atoms with Crippen molar-refractivity contribution in [2.24, 2.45) is 0 Å². The second-order valence-corrected chi connectivity index (χ2v) is 13.6. The number of nitrogens with zero attached hydrogens (tertiary/aromatic N) is 2. The number of halogens is 4. The van der Waals surface area contributed by atoms with Crippen molar-refractivity contribution in [3.63, 3.8) is 0 Å². The second kappa shape index (κ2) is 15.1. The smallest absolute Gasteiger partial charge is 0.352 e. The van der Waals surface area contributed by atoms with E-state index in [0.29, 0.717) is 10.6 Å². The van der Waals surface area contributed by atoms with Crippen LogP contribution in [0.25, 0.3) is 0 Å². The SMILES string of the molecule is CS(=O)(=O)N(CCCC(=O)N(Cc1ccccc1Cl)C(Cc1ccccc1)C(=O)NC1CCCC1)c1cccc(C(F)(F)F)c1. The molecule has 1 atom stereocenters. The predicted octanol–water partition coefficient (Wildman–Crippen LogP) is 6.60. The lowest BCUT2D eigenvalue weighted by Crippen LogP contribution is -2.52. The van der Waals surface area contributed by atoms with Crippen molar-refractivity contribution >= 4 is 39.1 Å². The van der Waals surface area contributed by atoms with Gasteiger partial charge in [-0.2, -0.15) is 13.2 Å². The van der Waals surface area contributed by atoms with Gasteiger partial charge in [-0.25, -0.2) is 8.42 Å². The van der Waals surface area contributed by atoms with Gasteiger partial charge < -0.3 is 10.2 Å². The van der Waals surface area contributed by atoms with Crippen LogP contribution in [0.4, 0.5) is 18.9 Å². The summed E-state index contributed by atoms with van der Waals surface area (Å²) in [6.45, 7) is -0.194. The van der Waals surface area contributed by atoms with E-state index in [-0.39, 0.29) is 50.0 Å². The van der Waals surface area contributed by atoms with E-state index in [1.54, 1.807) is 24.3 Å². The number of carbonyl (C=O) groups excluding carboxylic acids is 2. The average Bonchev–Trinajstić information content (AvgIpc) is 3.50. The van der Waals surface area contributed by atoms with Gasteiger partial charge in [-0.05, 0) is 54.7 Å². The van der Waals surface area contributed by atoms with Gasteiger partial charge >= 0.3 is 6.18 Å². The lowest BCUT2D eigenvalue weighted by Gasteiger charge is -2.33. The van der Waals surface area contributed by atoms with E-state index in [2.05, 4.69) is 5.32 Å². The van der Waals surface area contributed by atoms with Gasteiger partial charge in [0.15, 0.2) is 0 Å². The van der Waals surface area contributed by atoms with Gasteiger partial charge in [-0.3, -0.25) is 13.9 Å². The Hall–Kier alpha value is -3.57. The molecule has 3 aromatic carbocycles. The normalized spacial score (nSPS) is 14.6. The van der Waals surface area contributed by atoms with Crippen LogP contribution in [0, 0.1) is 0 Å². The largest absolute Gasteiger partial charge is 0.416 e. The molecule has 0 radical (unpaired) electrons. The third-order valence-corrected chi connectivity index (χ3v) is 9.45. The number of hydrogen-bond donors (Lipinski definition) is 1. The number of anilines is 1. The number of rotatable bonds is 13. The van der Waals surface area contributed by atoms with Crippen LogP contribution in [-0.4, -0.2) is 50.0 Å². The molecule has 242 valence electrons. The zero-order valence-electron chi connectivity index (χ0n) is 25.0. The molecule has 1 N–H and O–H groups in total. The van der Waals surface area contributed by atoms with Crippen molar-refractivity contribution in [2.75, 3.05) is 17.1 Å². The predicted molar refractivity (Wildman–Crippen MR) is 169 cm³/mol. The molecule has 0 heterocycles. The van der Waals surface area contributed by atoms with Crippen molar-refractivity contribution in [3.05, 3.63) is 101 Å². The first-order valence-electron chi connectivity index (χ1n) is 14.8. The molecule has 0 saturated heterocycles. The summed E-state index contributed by atoms with van der Waals surface area (Å²) in [6.07, 6.45) is 0.0935. The Morgan fingerprint density at radius 1 is 0.978 bits per heavy atom. The van der Waals surface area contributed by atoms with Crippen LogP contribution in [0.5, 0.6) is 0 Å². The Balaban J connectivity index is 1.60. The second-order valence-electron chi connectivity index (χ2n) is 11.3. The van der Waals surface area contributed by atoms with Crippen LogP contribution in [0.3, 0.4) is 0 Å². The summed E-state index contributed by atoms with van der Waals surface area (Å²) in [5.41, 5.74) is 0.369. The number of benzene rings is 3. The lowest BCUT2D eigenvalue weighted by molar-refractivity contribution is -0.141. The lowest BCUT2D eigenvalue weighted by atomic mass is 10.0. The molecule has 0 aliphatic heterocycles. The number of sulfonamides is 1. The fourth-order valence-electron chi connectivity index (χ4n) is 5.57. The molecule has 1 saturated carbocycles. The van der Waals surface area contributed by atoms with Gasteiger partial charge in [-0.15, -0.1) is 0 Å². The highest BCUT2D eigenvalue weighted by atomic mass is 35.5. The van der Waals surface area contributed by atoms with Crippen molar-refractivity contribution in [3.8, 4) is 0 Å². The molecular formula is C33H37ClF3N3O4S. The van der Waals surface area contributed by atoms with Crippen LogP contribution in [0.2, 0.25) is 5.02 Å². The maximum Gasteiger partial charge on any atom is 0.416 e.